The number of aromatic nitrogens is 10. The van der Waals surface area contributed by atoms with Gasteiger partial charge in [-0.05, 0) is 54.4 Å². The number of imidazole rings is 2. The second-order valence-electron chi connectivity index (χ2n) is 14.9. The van der Waals surface area contributed by atoms with Gasteiger partial charge < -0.3 is 14.0 Å². The lowest BCUT2D eigenvalue weighted by molar-refractivity contribution is -0.721. The Morgan fingerprint density at radius 3 is 1.88 bits per heavy atom. The molecule has 0 amide bonds. The molecule has 0 fully saturated rings. The van der Waals surface area contributed by atoms with Crippen molar-refractivity contribution in [1.29, 1.82) is 0 Å². The molecule has 50 heavy (non-hydrogen) atoms. The Balaban J connectivity index is 0.000000194. The average Bonchev–Trinajstić information content (AvgIpc) is 3.90. The molecule has 0 aliphatic heterocycles. The van der Waals surface area contributed by atoms with Crippen molar-refractivity contribution in [3.63, 3.8) is 0 Å². The first-order valence-electron chi connectivity index (χ1n) is 17.0. The highest BCUT2D eigenvalue weighted by atomic mass is 28.3. The molecule has 0 atom stereocenters. The summed E-state index contributed by atoms with van der Waals surface area (Å²) in [7, 11) is -2.15. The van der Waals surface area contributed by atoms with Crippen molar-refractivity contribution in [2.45, 2.75) is 78.7 Å². The third-order valence-corrected chi connectivity index (χ3v) is 11.5. The topological polar surface area (TPSA) is 139 Å². The summed E-state index contributed by atoms with van der Waals surface area (Å²) in [6.07, 6.45) is 14.9. The van der Waals surface area contributed by atoms with Crippen molar-refractivity contribution >= 4 is 16.1 Å². The summed E-state index contributed by atoms with van der Waals surface area (Å²) in [6.45, 7) is 20.9. The van der Waals surface area contributed by atoms with Gasteiger partial charge in [0.1, 0.15) is 24.3 Å². The molecule has 3 N–H and O–H groups in total. The van der Waals surface area contributed by atoms with Gasteiger partial charge in [0, 0.05) is 84.1 Å². The Bertz CT molecular complexity index is 1840. The van der Waals surface area contributed by atoms with Gasteiger partial charge in [0.25, 0.3) is 0 Å². The molecule has 0 saturated carbocycles. The van der Waals surface area contributed by atoms with E-state index < -0.39 is 16.1 Å². The minimum absolute atomic E-state index is 0.503. The second-order valence-corrected chi connectivity index (χ2v) is 26.2. The largest absolute Gasteiger partial charge is 0.361 e. The summed E-state index contributed by atoms with van der Waals surface area (Å²) < 4.78 is 16.0. The van der Waals surface area contributed by atoms with Crippen LogP contribution in [0.5, 0.6) is 0 Å². The first-order valence-corrected chi connectivity index (χ1v) is 24.5. The Morgan fingerprint density at radius 2 is 1.30 bits per heavy atom. The zero-order valence-corrected chi connectivity index (χ0v) is 32.6. The predicted octanol–water partition coefficient (Wildman–Crippen LogP) is 7.33. The van der Waals surface area contributed by atoms with E-state index >= 15 is 0 Å². The number of rotatable bonds is 14. The van der Waals surface area contributed by atoms with E-state index in [1.165, 1.54) is 6.04 Å². The molecular formula is C36H51N10O2Si2+. The minimum Gasteiger partial charge on any atom is -0.361 e. The van der Waals surface area contributed by atoms with E-state index in [-0.39, 0.29) is 0 Å². The first-order chi connectivity index (χ1) is 23.9. The molecule has 0 aliphatic rings. The van der Waals surface area contributed by atoms with E-state index in [4.69, 9.17) is 9.47 Å². The third-order valence-electron chi connectivity index (χ3n) is 8.11. The van der Waals surface area contributed by atoms with Crippen LogP contribution in [0.15, 0.2) is 73.8 Å². The first kappa shape index (κ1) is 36.8. The van der Waals surface area contributed by atoms with E-state index in [9.17, 15) is 0 Å². The van der Waals surface area contributed by atoms with Crippen molar-refractivity contribution in [3.05, 3.63) is 85.2 Å². The fraction of sp³-hybridized carbons (Fsp3) is 0.389. The van der Waals surface area contributed by atoms with Gasteiger partial charge in [-0.25, -0.2) is 19.5 Å². The number of hydrogen-bond acceptors (Lipinski definition) is 7. The highest BCUT2D eigenvalue weighted by molar-refractivity contribution is 6.76. The van der Waals surface area contributed by atoms with Crippen LogP contribution in [0.3, 0.4) is 0 Å². The number of aromatic amines is 3. The number of nitrogens with one attached hydrogen (secondary N) is 3. The fourth-order valence-corrected chi connectivity index (χ4v) is 6.61. The van der Waals surface area contributed by atoms with Crippen LogP contribution in [0.4, 0.5) is 0 Å². The summed E-state index contributed by atoms with van der Waals surface area (Å²) in [6, 6.07) is 10.4. The molecule has 6 heterocycles. The van der Waals surface area contributed by atoms with Crippen LogP contribution >= 0.6 is 0 Å². The zero-order valence-electron chi connectivity index (χ0n) is 30.6. The molecule has 6 rings (SSSR count). The van der Waals surface area contributed by atoms with Crippen molar-refractivity contribution in [1.82, 2.24) is 44.9 Å². The van der Waals surface area contributed by atoms with E-state index in [1.807, 2.05) is 63.0 Å². The van der Waals surface area contributed by atoms with Gasteiger partial charge in [-0.3, -0.25) is 15.2 Å². The quantitative estimate of drug-likeness (QED) is 0.0611. The Morgan fingerprint density at radius 1 is 0.720 bits per heavy atom. The second kappa shape index (κ2) is 16.5. The van der Waals surface area contributed by atoms with Crippen LogP contribution < -0.4 is 4.57 Å². The third kappa shape index (κ3) is 10.5. The van der Waals surface area contributed by atoms with Crippen LogP contribution in [0, 0.1) is 13.8 Å². The number of aryl methyl sites for hydroxylation is 2. The van der Waals surface area contributed by atoms with Crippen molar-refractivity contribution in [2.75, 3.05) is 13.2 Å². The molecule has 14 heteroatoms. The van der Waals surface area contributed by atoms with Gasteiger partial charge >= 0.3 is 5.82 Å². The lowest BCUT2D eigenvalue weighted by Gasteiger charge is -2.16. The number of H-pyrrole nitrogens is 3. The molecule has 264 valence electrons. The van der Waals surface area contributed by atoms with E-state index in [1.54, 1.807) is 12.4 Å². The fourth-order valence-electron chi connectivity index (χ4n) is 5.10. The van der Waals surface area contributed by atoms with Gasteiger partial charge in [0.2, 0.25) is 0 Å². The maximum atomic E-state index is 5.91. The van der Waals surface area contributed by atoms with Gasteiger partial charge in [0.15, 0.2) is 18.2 Å². The van der Waals surface area contributed by atoms with E-state index in [0.717, 1.165) is 75.9 Å². The highest BCUT2D eigenvalue weighted by Gasteiger charge is 2.19. The van der Waals surface area contributed by atoms with Gasteiger partial charge in [-0.15, -0.1) is 0 Å². The molecular weight excluding hydrogens is 661 g/mol. The summed E-state index contributed by atoms with van der Waals surface area (Å²) >= 11 is 0. The zero-order chi connectivity index (χ0) is 35.7. The normalized spacial score (nSPS) is 11.8. The van der Waals surface area contributed by atoms with Gasteiger partial charge in [-0.1, -0.05) is 39.3 Å². The maximum Gasteiger partial charge on any atom is 0.307 e. The molecule has 12 nitrogen and oxygen atoms in total. The number of pyridine rings is 2. The number of ether oxygens (including phenoxy) is 2. The lowest BCUT2D eigenvalue weighted by Crippen LogP contribution is -2.36. The molecule has 0 spiro atoms. The monoisotopic (exact) mass is 711 g/mol. The Kier molecular flexibility index (Phi) is 12.1. The summed E-state index contributed by atoms with van der Waals surface area (Å²) in [5.41, 5.74) is 8.09. The van der Waals surface area contributed by atoms with Crippen LogP contribution in [0.25, 0.3) is 45.3 Å². The highest BCUT2D eigenvalue weighted by Crippen LogP contribution is 2.25. The maximum absolute atomic E-state index is 5.91. The summed E-state index contributed by atoms with van der Waals surface area (Å²) in [5.74, 6) is 1.78. The molecule has 0 radical (unpaired) electrons. The molecule has 6 aromatic rings. The average molecular weight is 712 g/mol. The minimum atomic E-state index is -1.08. The Labute approximate surface area is 296 Å². The van der Waals surface area contributed by atoms with Crippen LogP contribution in [-0.4, -0.2) is 74.3 Å². The molecule has 0 aromatic carbocycles. The van der Waals surface area contributed by atoms with Crippen molar-refractivity contribution < 1.29 is 14.0 Å². The van der Waals surface area contributed by atoms with Crippen molar-refractivity contribution in [3.8, 4) is 45.3 Å². The van der Waals surface area contributed by atoms with Gasteiger partial charge in [0.05, 0.1) is 12.4 Å². The molecule has 6 aromatic heterocycles. The molecule has 0 aliphatic carbocycles. The van der Waals surface area contributed by atoms with E-state index in [0.29, 0.717) is 13.5 Å². The van der Waals surface area contributed by atoms with Crippen LogP contribution in [-0.2, 0) is 22.9 Å². The predicted molar refractivity (Wildman–Crippen MR) is 203 cm³/mol. The number of nitrogens with zero attached hydrogens (tertiary/aromatic N) is 7. The SMILES string of the molecule is Cc1c[n+](COCC[Si](C)(C)C)c(-c2cc(-c3cn[nH]c3)ccn2)[nH]1.Cc1cnc(-c2cc(-c3cn[nH]c3)ccn2)n1COCC[Si](C)(C)C. The molecule has 0 saturated heterocycles. The molecule has 0 unspecified atom stereocenters. The summed E-state index contributed by atoms with van der Waals surface area (Å²) in [5, 5.41) is 13.7. The van der Waals surface area contributed by atoms with Crippen molar-refractivity contribution in [2.24, 2.45) is 0 Å². The van der Waals surface area contributed by atoms with Crippen LogP contribution in [0.1, 0.15) is 11.4 Å². The van der Waals surface area contributed by atoms with E-state index in [2.05, 4.69) is 101 Å². The van der Waals surface area contributed by atoms with Crippen LogP contribution in [0.2, 0.25) is 51.4 Å². The van der Waals surface area contributed by atoms with Gasteiger partial charge in [-0.2, -0.15) is 10.2 Å². The number of hydrogen-bond donors (Lipinski definition) is 3. The lowest BCUT2D eigenvalue weighted by atomic mass is 10.1. The molecule has 0 bridgehead atoms. The summed E-state index contributed by atoms with van der Waals surface area (Å²) in [4.78, 5) is 17.0. The standard InChI is InChI=1S/2C18H25N5OSi/c1-14-12-23(13-24-7-8-25(2,3)4)18(22-14)17-9-15(5-6-19-17)16-10-20-21-11-16;1-14-10-20-18(23(14)13-24-7-8-25(2,3)4)17-9-15(5-6-19-17)16-11-21-22-12-16/h5-6,9-12H,7-8,13H2,1-4H3,(H,19,20,21);5-6,9-12H,7-8,13H2,1-4H3,(H,21,22)/p+1. The smallest absolute Gasteiger partial charge is 0.307 e. The Hall–Kier alpha value is -4.51.